The number of ether oxygens (including phenoxy) is 1. The molecule has 256 valence electrons. The first-order valence-corrected chi connectivity index (χ1v) is 19.8. The Morgan fingerprint density at radius 1 is 1.08 bits per heavy atom. The van der Waals surface area contributed by atoms with Crippen LogP contribution in [0.25, 0.3) is 32.9 Å². The lowest BCUT2D eigenvalue weighted by molar-refractivity contribution is 0.107. The lowest BCUT2D eigenvalue weighted by atomic mass is 9.94. The molecule has 8 nitrogen and oxygen atoms in total. The summed E-state index contributed by atoms with van der Waals surface area (Å²) in [5.41, 5.74) is 0.0482. The second-order valence-corrected chi connectivity index (χ2v) is 17.8. The number of hydrogen-bond acceptors (Lipinski definition) is 8. The summed E-state index contributed by atoms with van der Waals surface area (Å²) >= 11 is 0. The average molecular weight is 682 g/mol. The minimum Gasteiger partial charge on any atom is -0.508 e. The largest absolute Gasteiger partial charge is 0.508 e. The topological polar surface area (TPSA) is 91.7 Å². The van der Waals surface area contributed by atoms with Crippen molar-refractivity contribution in [3.05, 3.63) is 47.7 Å². The van der Waals surface area contributed by atoms with Gasteiger partial charge in [0.2, 0.25) is 0 Å². The molecule has 3 fully saturated rings. The summed E-state index contributed by atoms with van der Waals surface area (Å²) in [7, 11) is -2.46. The molecule has 2 aromatic carbocycles. The molecule has 0 spiro atoms. The number of benzene rings is 2. The van der Waals surface area contributed by atoms with E-state index in [1.807, 2.05) is 20.3 Å². The van der Waals surface area contributed by atoms with Crippen molar-refractivity contribution in [1.29, 1.82) is 0 Å². The number of halogens is 3. The number of aromatic nitrogens is 3. The summed E-state index contributed by atoms with van der Waals surface area (Å²) in [6.07, 6.45) is 6.75. The van der Waals surface area contributed by atoms with Gasteiger partial charge in [0.15, 0.2) is 5.82 Å². The molecule has 0 bridgehead atoms. The van der Waals surface area contributed by atoms with E-state index in [4.69, 9.17) is 9.72 Å². The number of alkyl halides is 1. The lowest BCUT2D eigenvalue weighted by Crippen LogP contribution is -2.43. The van der Waals surface area contributed by atoms with Gasteiger partial charge in [-0.05, 0) is 86.5 Å². The molecule has 3 aliphatic rings. The van der Waals surface area contributed by atoms with Gasteiger partial charge in [-0.3, -0.25) is 9.88 Å². The third-order valence-electron chi connectivity index (χ3n) is 10.7. The molecular weight excluding hydrogens is 638 g/mol. The van der Waals surface area contributed by atoms with Crippen LogP contribution in [0.4, 0.5) is 19.0 Å². The van der Waals surface area contributed by atoms with Crippen LogP contribution in [0, 0.1) is 11.6 Å². The molecule has 1 N–H and O–H groups in total. The third-order valence-corrected chi connectivity index (χ3v) is 12.9. The number of nitrogens with zero attached hydrogens (tertiary/aromatic N) is 5. The van der Waals surface area contributed by atoms with E-state index in [1.54, 1.807) is 6.07 Å². The maximum Gasteiger partial charge on any atom is 0.319 e. The third kappa shape index (κ3) is 6.02. The molecule has 12 heteroatoms. The predicted molar refractivity (Wildman–Crippen MR) is 184 cm³/mol. The highest BCUT2D eigenvalue weighted by molar-refractivity contribution is 7.63. The van der Waals surface area contributed by atoms with Gasteiger partial charge in [0, 0.05) is 43.5 Å². The minimum atomic E-state index is -2.46. The van der Waals surface area contributed by atoms with Crippen LogP contribution in [0.15, 0.2) is 30.5 Å². The maximum absolute atomic E-state index is 17.0. The molecule has 5 heterocycles. The van der Waals surface area contributed by atoms with Crippen molar-refractivity contribution in [3.63, 3.8) is 0 Å². The molecule has 1 unspecified atom stereocenters. The summed E-state index contributed by atoms with van der Waals surface area (Å²) in [4.78, 5) is 18.2. The molecule has 3 aliphatic heterocycles. The van der Waals surface area contributed by atoms with Gasteiger partial charge in [-0.1, -0.05) is 25.8 Å². The van der Waals surface area contributed by atoms with Crippen molar-refractivity contribution < 1.29 is 27.6 Å². The normalized spacial score (nSPS) is 23.8. The number of aryl methyl sites for hydroxylation is 1. The Labute approximate surface area is 279 Å². The molecule has 48 heavy (non-hydrogen) atoms. The Hall–Kier alpha value is -3.43. The van der Waals surface area contributed by atoms with E-state index in [0.29, 0.717) is 60.0 Å². The van der Waals surface area contributed by atoms with Crippen LogP contribution in [0.3, 0.4) is 0 Å². The lowest BCUT2D eigenvalue weighted by Gasteiger charge is -2.34. The highest BCUT2D eigenvalue weighted by Crippen LogP contribution is 2.47. The molecule has 3 atom stereocenters. The molecule has 0 saturated carbocycles. The first-order chi connectivity index (χ1) is 23.0. The number of aromatic hydroxyl groups is 1. The number of fused-ring (bicyclic) bond motifs is 3. The first kappa shape index (κ1) is 33.1. The van der Waals surface area contributed by atoms with Crippen LogP contribution in [0.5, 0.6) is 11.8 Å². The van der Waals surface area contributed by atoms with Crippen molar-refractivity contribution in [3.8, 4) is 23.0 Å². The number of pyridine rings is 1. The highest BCUT2D eigenvalue weighted by Gasteiger charge is 2.49. The molecule has 2 aromatic heterocycles. The monoisotopic (exact) mass is 681 g/mol. The Kier molecular flexibility index (Phi) is 8.82. The molecule has 3 saturated heterocycles. The SMILES string of the molecule is CCc1c(F)ccc2cc(O)cc(-c3ncc4c(N5CCCCCC(P(C)(C)=O)C5)nc(OC[C@@]56CCCN5C[C@H](F)C6)nc4c3F)c12. The minimum absolute atomic E-state index is 0.0173. The van der Waals surface area contributed by atoms with Gasteiger partial charge in [-0.15, -0.1) is 0 Å². The van der Waals surface area contributed by atoms with Crippen molar-refractivity contribution in [2.24, 2.45) is 0 Å². The van der Waals surface area contributed by atoms with Crippen LogP contribution in [-0.2, 0) is 11.0 Å². The zero-order valence-corrected chi connectivity index (χ0v) is 28.7. The van der Waals surface area contributed by atoms with Crippen LogP contribution < -0.4 is 9.64 Å². The van der Waals surface area contributed by atoms with E-state index in [9.17, 15) is 14.1 Å². The number of anilines is 1. The van der Waals surface area contributed by atoms with Crippen molar-refractivity contribution in [2.75, 3.05) is 51.0 Å². The summed E-state index contributed by atoms with van der Waals surface area (Å²) in [6.45, 7) is 7.92. The standard InChI is InChI=1S/C36H43F3N5O3P/c1-4-26-29(38)11-10-22-15-24(45)16-27(30(22)26)32-31(39)33-28(18-40-32)34(43-13-7-5-6-9-25(20-43)48(2,3)46)42-35(41-33)47-21-36-12-8-14-44(36)19-23(37)17-36/h10-11,15-16,18,23,25,45H,4-9,12-14,17,19-21H2,1-3H3/t23-,25?,36+/m1/s1. The molecule has 0 aliphatic carbocycles. The van der Waals surface area contributed by atoms with E-state index in [0.717, 1.165) is 45.1 Å². The molecular formula is C36H43F3N5O3P. The Morgan fingerprint density at radius 2 is 1.92 bits per heavy atom. The predicted octanol–water partition coefficient (Wildman–Crippen LogP) is 7.72. The van der Waals surface area contributed by atoms with Gasteiger partial charge < -0.3 is 19.3 Å². The highest BCUT2D eigenvalue weighted by atomic mass is 31.2. The molecule has 4 aromatic rings. The first-order valence-electron chi connectivity index (χ1n) is 17.1. The fraction of sp³-hybridized carbons (Fsp3) is 0.528. The van der Waals surface area contributed by atoms with Crippen LogP contribution in [-0.4, -0.2) is 88.4 Å². The van der Waals surface area contributed by atoms with E-state index in [2.05, 4.69) is 19.8 Å². The number of phenolic OH excluding ortho intramolecular Hbond substituents is 1. The number of hydrogen-bond donors (Lipinski definition) is 1. The zero-order chi connectivity index (χ0) is 33.8. The summed E-state index contributed by atoms with van der Waals surface area (Å²) in [6, 6.07) is 5.82. The zero-order valence-electron chi connectivity index (χ0n) is 27.8. The fourth-order valence-electron chi connectivity index (χ4n) is 8.19. The maximum atomic E-state index is 17.0. The molecule has 0 amide bonds. The van der Waals surface area contributed by atoms with Crippen LogP contribution in [0.2, 0.25) is 0 Å². The second kappa shape index (κ2) is 12.8. The van der Waals surface area contributed by atoms with Gasteiger partial charge in [0.05, 0.1) is 18.1 Å². The van der Waals surface area contributed by atoms with Crippen molar-refractivity contribution >= 4 is 34.6 Å². The van der Waals surface area contributed by atoms with Gasteiger partial charge in [-0.25, -0.2) is 13.2 Å². The van der Waals surface area contributed by atoms with Crippen LogP contribution >= 0.6 is 7.14 Å². The smallest absolute Gasteiger partial charge is 0.319 e. The van der Waals surface area contributed by atoms with E-state index < -0.39 is 30.5 Å². The average Bonchev–Trinajstić information content (AvgIpc) is 3.55. The van der Waals surface area contributed by atoms with Gasteiger partial charge in [0.25, 0.3) is 0 Å². The fourth-order valence-corrected chi connectivity index (χ4v) is 9.59. The molecule has 0 radical (unpaired) electrons. The Morgan fingerprint density at radius 3 is 2.71 bits per heavy atom. The van der Waals surface area contributed by atoms with Gasteiger partial charge in [-0.2, -0.15) is 9.97 Å². The summed E-state index contributed by atoms with van der Waals surface area (Å²) in [5.74, 6) is -0.815. The van der Waals surface area contributed by atoms with Gasteiger partial charge >= 0.3 is 6.01 Å². The van der Waals surface area contributed by atoms with E-state index in [1.165, 1.54) is 24.4 Å². The van der Waals surface area contributed by atoms with Gasteiger partial charge in [0.1, 0.15) is 41.4 Å². The quantitative estimate of drug-likeness (QED) is 0.198. The van der Waals surface area contributed by atoms with Crippen molar-refractivity contribution in [1.82, 2.24) is 19.9 Å². The Balaban J connectivity index is 1.39. The summed E-state index contributed by atoms with van der Waals surface area (Å²) < 4.78 is 66.2. The second-order valence-electron chi connectivity index (χ2n) is 14.2. The Bertz CT molecular complexity index is 1920. The van der Waals surface area contributed by atoms with E-state index >= 15 is 8.78 Å². The summed E-state index contributed by atoms with van der Waals surface area (Å²) in [5, 5.41) is 12.0. The number of phenols is 1. The molecule has 7 rings (SSSR count). The number of rotatable bonds is 7. The van der Waals surface area contributed by atoms with Crippen molar-refractivity contribution in [2.45, 2.75) is 75.7 Å². The van der Waals surface area contributed by atoms with Crippen LogP contribution in [0.1, 0.15) is 57.4 Å². The van der Waals surface area contributed by atoms with E-state index in [-0.39, 0.29) is 40.8 Å².